The topological polar surface area (TPSA) is 113 Å². The fourth-order valence-electron chi connectivity index (χ4n) is 2.98. The molecule has 1 saturated heterocycles. The van der Waals surface area contributed by atoms with Gasteiger partial charge in [-0.25, -0.2) is 17.9 Å². The number of amides is 1. The molecule has 2 N–H and O–H groups in total. The van der Waals surface area contributed by atoms with E-state index < -0.39 is 34.5 Å². The third-order valence-corrected chi connectivity index (χ3v) is 5.67. The first-order valence-electron chi connectivity index (χ1n) is 7.60. The molecule has 24 heavy (non-hydrogen) atoms. The maximum Gasteiger partial charge on any atom is 0.326 e. The zero-order chi connectivity index (χ0) is 17.3. The second-order valence-corrected chi connectivity index (χ2v) is 7.60. The van der Waals surface area contributed by atoms with Gasteiger partial charge in [0, 0.05) is 6.54 Å². The quantitative estimate of drug-likeness (QED) is 0.774. The number of carbonyl (C=O) groups excluding carboxylic acids is 1. The number of nitrogens with one attached hydrogen (secondary N) is 1. The van der Waals surface area contributed by atoms with Gasteiger partial charge in [0.1, 0.15) is 6.04 Å². The highest BCUT2D eigenvalue weighted by molar-refractivity contribution is 7.89. The first-order valence-corrected chi connectivity index (χ1v) is 9.08. The van der Waals surface area contributed by atoms with Crippen LogP contribution in [-0.2, 0) is 37.6 Å². The molecule has 1 aromatic carbocycles. The molecule has 0 bridgehead atoms. The van der Waals surface area contributed by atoms with Gasteiger partial charge >= 0.3 is 5.97 Å². The number of hydrogen-bond acceptors (Lipinski definition) is 5. The number of nitrogens with zero attached hydrogens (tertiary/aromatic N) is 1. The number of ether oxygens (including phenoxy) is 1. The Hall–Kier alpha value is -1.97. The summed E-state index contributed by atoms with van der Waals surface area (Å²) in [5.74, 6) is -1.60. The molecular formula is C15H18N2O6S. The molecule has 2 heterocycles. The Bertz CT molecular complexity index is 776. The minimum atomic E-state index is -3.84. The van der Waals surface area contributed by atoms with Crippen molar-refractivity contribution in [1.29, 1.82) is 0 Å². The minimum absolute atomic E-state index is 0.0655. The summed E-state index contributed by atoms with van der Waals surface area (Å²) in [7, 11) is -3.84. The first-order chi connectivity index (χ1) is 11.4. The number of hydrogen-bond donors (Lipinski definition) is 2. The van der Waals surface area contributed by atoms with E-state index in [1.807, 2.05) is 0 Å². The van der Waals surface area contributed by atoms with Crippen molar-refractivity contribution in [2.45, 2.75) is 37.0 Å². The van der Waals surface area contributed by atoms with Gasteiger partial charge in [-0.1, -0.05) is 6.07 Å². The highest BCUT2D eigenvalue weighted by atomic mass is 32.2. The molecule has 0 unspecified atom stereocenters. The predicted molar refractivity (Wildman–Crippen MR) is 82.5 cm³/mol. The molecule has 1 fully saturated rings. The Labute approximate surface area is 139 Å². The molecule has 8 nitrogen and oxygen atoms in total. The SMILES string of the molecule is O=C(O)[C@@H]1CCCN1C(=O)CNS(=O)(=O)c1ccc2c(c1)COC2. The number of rotatable bonds is 5. The molecule has 9 heteroatoms. The predicted octanol–water partition coefficient (Wildman–Crippen LogP) is 0.0707. The van der Waals surface area contributed by atoms with Gasteiger partial charge in [0.15, 0.2) is 0 Å². The van der Waals surface area contributed by atoms with Gasteiger partial charge in [-0.05, 0) is 36.1 Å². The van der Waals surface area contributed by atoms with Crippen LogP contribution in [0.15, 0.2) is 23.1 Å². The van der Waals surface area contributed by atoms with E-state index in [-0.39, 0.29) is 4.90 Å². The van der Waals surface area contributed by atoms with Gasteiger partial charge in [-0.3, -0.25) is 4.79 Å². The van der Waals surface area contributed by atoms with Crippen molar-refractivity contribution < 1.29 is 27.9 Å². The summed E-state index contributed by atoms with van der Waals surface area (Å²) in [6, 6.07) is 3.82. The number of carbonyl (C=O) groups is 2. The number of fused-ring (bicyclic) bond motifs is 1. The second kappa shape index (κ2) is 6.50. The Kier molecular flexibility index (Phi) is 4.57. The average Bonchev–Trinajstić information content (AvgIpc) is 3.20. The Morgan fingerprint density at radius 1 is 1.29 bits per heavy atom. The van der Waals surface area contributed by atoms with Crippen molar-refractivity contribution in [1.82, 2.24) is 9.62 Å². The lowest BCUT2D eigenvalue weighted by Crippen LogP contribution is -2.45. The molecule has 0 radical (unpaired) electrons. The lowest BCUT2D eigenvalue weighted by Gasteiger charge is -2.21. The Morgan fingerprint density at radius 3 is 2.79 bits per heavy atom. The molecule has 0 aromatic heterocycles. The van der Waals surface area contributed by atoms with Crippen LogP contribution in [0.4, 0.5) is 0 Å². The lowest BCUT2D eigenvalue weighted by molar-refractivity contribution is -0.147. The number of carboxylic acid groups (broad SMARTS) is 1. The van der Waals surface area contributed by atoms with Gasteiger partial charge in [-0.15, -0.1) is 0 Å². The number of carboxylic acids is 1. The number of likely N-dealkylation sites (tertiary alicyclic amines) is 1. The highest BCUT2D eigenvalue weighted by Crippen LogP contribution is 2.23. The molecule has 1 aromatic rings. The van der Waals surface area contributed by atoms with Crippen LogP contribution in [0.1, 0.15) is 24.0 Å². The van der Waals surface area contributed by atoms with E-state index in [1.165, 1.54) is 17.0 Å². The van der Waals surface area contributed by atoms with Crippen molar-refractivity contribution in [3.63, 3.8) is 0 Å². The molecule has 3 rings (SSSR count). The zero-order valence-electron chi connectivity index (χ0n) is 12.9. The molecular weight excluding hydrogens is 336 g/mol. The van der Waals surface area contributed by atoms with E-state index in [0.717, 1.165) is 11.1 Å². The Morgan fingerprint density at radius 2 is 2.04 bits per heavy atom. The van der Waals surface area contributed by atoms with Crippen LogP contribution in [0.25, 0.3) is 0 Å². The standard InChI is InChI=1S/C15H18N2O6S/c18-14(17-5-1-2-13(17)15(19)20)7-16-24(21,22)12-4-3-10-8-23-9-11(10)6-12/h3-4,6,13,16H,1-2,5,7-9H2,(H,19,20)/t13-/m0/s1. The van der Waals surface area contributed by atoms with Gasteiger partial charge in [0.05, 0.1) is 24.7 Å². The van der Waals surface area contributed by atoms with Crippen LogP contribution < -0.4 is 4.72 Å². The van der Waals surface area contributed by atoms with Crippen LogP contribution in [0.5, 0.6) is 0 Å². The fraction of sp³-hybridized carbons (Fsp3) is 0.467. The van der Waals surface area contributed by atoms with Gasteiger partial charge in [0.2, 0.25) is 15.9 Å². The fourth-order valence-corrected chi connectivity index (χ4v) is 4.00. The average molecular weight is 354 g/mol. The summed E-state index contributed by atoms with van der Waals surface area (Å²) in [5, 5.41) is 9.08. The largest absolute Gasteiger partial charge is 0.480 e. The third-order valence-electron chi connectivity index (χ3n) is 4.27. The van der Waals surface area contributed by atoms with E-state index in [0.29, 0.717) is 32.6 Å². The van der Waals surface area contributed by atoms with E-state index in [9.17, 15) is 18.0 Å². The van der Waals surface area contributed by atoms with Crippen molar-refractivity contribution in [2.24, 2.45) is 0 Å². The van der Waals surface area contributed by atoms with Gasteiger partial charge in [-0.2, -0.15) is 0 Å². The molecule has 1 atom stereocenters. The van der Waals surface area contributed by atoms with E-state index in [2.05, 4.69) is 4.72 Å². The van der Waals surface area contributed by atoms with E-state index in [4.69, 9.17) is 9.84 Å². The maximum atomic E-state index is 12.3. The molecule has 0 aliphatic carbocycles. The third kappa shape index (κ3) is 3.28. The van der Waals surface area contributed by atoms with Crippen molar-refractivity contribution in [2.75, 3.05) is 13.1 Å². The summed E-state index contributed by atoms with van der Waals surface area (Å²) in [4.78, 5) is 24.5. The first kappa shape index (κ1) is 16.9. The molecule has 2 aliphatic heterocycles. The maximum absolute atomic E-state index is 12.3. The van der Waals surface area contributed by atoms with Crippen LogP contribution in [0, 0.1) is 0 Å². The lowest BCUT2D eigenvalue weighted by atomic mass is 10.1. The van der Waals surface area contributed by atoms with E-state index >= 15 is 0 Å². The summed E-state index contributed by atoms with van der Waals surface area (Å²) in [6.45, 7) is 0.701. The summed E-state index contributed by atoms with van der Waals surface area (Å²) in [5.41, 5.74) is 1.76. The summed E-state index contributed by atoms with van der Waals surface area (Å²) >= 11 is 0. The second-order valence-electron chi connectivity index (χ2n) is 5.83. The van der Waals surface area contributed by atoms with Gasteiger partial charge < -0.3 is 14.7 Å². The molecule has 0 saturated carbocycles. The number of benzene rings is 1. The minimum Gasteiger partial charge on any atom is -0.480 e. The van der Waals surface area contributed by atoms with Crippen LogP contribution >= 0.6 is 0 Å². The number of sulfonamides is 1. The molecule has 0 spiro atoms. The summed E-state index contributed by atoms with van der Waals surface area (Å²) < 4.78 is 32.2. The zero-order valence-corrected chi connectivity index (χ0v) is 13.7. The molecule has 130 valence electrons. The molecule has 2 aliphatic rings. The van der Waals surface area contributed by atoms with Crippen LogP contribution in [0.2, 0.25) is 0 Å². The Balaban J connectivity index is 1.67. The van der Waals surface area contributed by atoms with Crippen molar-refractivity contribution in [3.05, 3.63) is 29.3 Å². The van der Waals surface area contributed by atoms with Crippen LogP contribution in [0.3, 0.4) is 0 Å². The molecule has 1 amide bonds. The van der Waals surface area contributed by atoms with Crippen molar-refractivity contribution >= 4 is 21.9 Å². The van der Waals surface area contributed by atoms with Crippen LogP contribution in [-0.4, -0.2) is 49.4 Å². The smallest absolute Gasteiger partial charge is 0.326 e. The highest BCUT2D eigenvalue weighted by Gasteiger charge is 2.34. The normalized spacial score (nSPS) is 20.2. The number of aliphatic carboxylic acids is 1. The van der Waals surface area contributed by atoms with E-state index in [1.54, 1.807) is 6.07 Å². The van der Waals surface area contributed by atoms with Gasteiger partial charge in [0.25, 0.3) is 0 Å². The summed E-state index contributed by atoms with van der Waals surface area (Å²) in [6.07, 6.45) is 0.985. The van der Waals surface area contributed by atoms with Crippen molar-refractivity contribution in [3.8, 4) is 0 Å². The monoisotopic (exact) mass is 354 g/mol.